The Morgan fingerprint density at radius 1 is 0.622 bits per heavy atom. The molecule has 388 valence electrons. The molecule has 3 heterocycles. The molecule has 0 unspecified atom stereocenters. The number of carbonyl (C=O) groups is 8. The number of primary amides is 1. The van der Waals surface area contributed by atoms with Crippen LogP contribution in [0.15, 0.2) is 116 Å². The number of nitrogens with zero attached hydrogens (tertiary/aromatic N) is 1. The van der Waals surface area contributed by atoms with Crippen LogP contribution in [0, 0.1) is 5.92 Å². The predicted octanol–water partition coefficient (Wildman–Crippen LogP) is 1.98. The zero-order chi connectivity index (χ0) is 53.1. The molecule has 74 heavy (non-hydrogen) atoms. The average molecular weight is 1010 g/mol. The number of aromatic hydroxyl groups is 1. The molecule has 7 atom stereocenters. The molecular weight excluding hydrogens is 949 g/mol. The summed E-state index contributed by atoms with van der Waals surface area (Å²) in [6.45, 7) is 3.53. The van der Waals surface area contributed by atoms with Crippen LogP contribution < -0.4 is 38.1 Å². The summed E-state index contributed by atoms with van der Waals surface area (Å²) in [5.74, 6) is -7.22. The molecule has 0 bridgehead atoms. The zero-order valence-electron chi connectivity index (χ0n) is 41.0. The summed E-state index contributed by atoms with van der Waals surface area (Å²) in [6.07, 6.45) is 3.15. The van der Waals surface area contributed by atoms with E-state index in [-0.39, 0.29) is 44.4 Å². The number of aromatic amines is 2. The van der Waals surface area contributed by atoms with Gasteiger partial charge in [-0.1, -0.05) is 92.7 Å². The normalized spacial score (nSPS) is 15.8. The minimum absolute atomic E-state index is 0.0514. The van der Waals surface area contributed by atoms with Crippen LogP contribution in [0.3, 0.4) is 0 Å². The van der Waals surface area contributed by atoms with E-state index in [0.29, 0.717) is 28.7 Å². The zero-order valence-corrected chi connectivity index (χ0v) is 41.0. The molecule has 0 radical (unpaired) electrons. The van der Waals surface area contributed by atoms with Gasteiger partial charge in [0.05, 0.1) is 12.5 Å². The van der Waals surface area contributed by atoms with E-state index in [1.807, 2.05) is 48.5 Å². The molecular formula is C54H62N10O10. The van der Waals surface area contributed by atoms with Crippen LogP contribution in [0.4, 0.5) is 0 Å². The van der Waals surface area contributed by atoms with Crippen molar-refractivity contribution in [1.82, 2.24) is 41.5 Å². The van der Waals surface area contributed by atoms with E-state index in [9.17, 15) is 43.8 Å². The molecule has 20 heteroatoms. The molecule has 1 aliphatic heterocycles. The number of likely N-dealkylation sites (tertiary alicyclic amines) is 1. The van der Waals surface area contributed by atoms with Gasteiger partial charge in [0.1, 0.15) is 42.0 Å². The number of hydrogen-bond donors (Lipinski definition) is 11. The molecule has 1 aliphatic rings. The highest BCUT2D eigenvalue weighted by Gasteiger charge is 2.41. The van der Waals surface area contributed by atoms with Crippen LogP contribution >= 0.6 is 0 Å². The van der Waals surface area contributed by atoms with E-state index in [1.54, 1.807) is 68.7 Å². The summed E-state index contributed by atoms with van der Waals surface area (Å²) in [5.41, 5.74) is 16.0. The number of nitrogens with one attached hydrogen (secondary N) is 7. The SMILES string of the molecule is CC(C)[C@H](NC(=O)[C@@H](N)Cc1ccc(O)cc1)C(=O)N[C@@H](Cc1c[nH]c2ccccc12)C(=O)N[C@@H](Cc1c[nH]c2ccccc12)C(=O)N1CCC[C@H]1C(=O)N[C@@H](CC(N)=O)C(=O)N[C@@H](Cc1ccccc1)C(=O)O. The summed E-state index contributed by atoms with van der Waals surface area (Å²) >= 11 is 0. The highest BCUT2D eigenvalue weighted by atomic mass is 16.4. The number of amides is 7. The highest BCUT2D eigenvalue weighted by Crippen LogP contribution is 2.25. The number of rotatable bonds is 23. The van der Waals surface area contributed by atoms with Gasteiger partial charge in [-0.25, -0.2) is 4.79 Å². The monoisotopic (exact) mass is 1010 g/mol. The van der Waals surface area contributed by atoms with E-state index in [2.05, 4.69) is 36.6 Å². The van der Waals surface area contributed by atoms with Crippen molar-refractivity contribution >= 4 is 69.1 Å². The Hall–Kier alpha value is -8.52. The second kappa shape index (κ2) is 24.3. The standard InChI is InChI=1S/C54H62N10O10/c1-30(2)47(63-48(67)38(55)23-32-18-20-35(65)21-19-32)52(71)60-41(25-33-28-57-39-15-8-6-13-36(33)39)49(68)61-43(26-34-29-58-40-16-9-7-14-37(34)40)53(72)64-22-10-17-45(64)51(70)59-42(27-46(56)66)50(69)62-44(54(73)74)24-31-11-4-3-5-12-31/h3-9,11-16,18-21,28-30,38,41-45,47,57-58,65H,10,17,22-27,55H2,1-2H3,(H2,56,66)(H,59,70)(H,60,71)(H,61,68)(H,62,69)(H,63,67)(H,73,74)/t38-,41-,42-,43-,44-,45-,47-/m0/s1. The van der Waals surface area contributed by atoms with Crippen LogP contribution in [-0.2, 0) is 64.0 Å². The van der Waals surface area contributed by atoms with Gasteiger partial charge in [-0.2, -0.15) is 0 Å². The lowest BCUT2D eigenvalue weighted by Crippen LogP contribution is -2.61. The molecule has 7 rings (SSSR count). The molecule has 2 aromatic heterocycles. The van der Waals surface area contributed by atoms with Gasteiger partial charge in [-0.05, 0) is 71.7 Å². The van der Waals surface area contributed by atoms with Gasteiger partial charge in [0.25, 0.3) is 0 Å². The lowest BCUT2D eigenvalue weighted by atomic mass is 9.98. The van der Waals surface area contributed by atoms with E-state index < -0.39 is 102 Å². The third-order valence-corrected chi connectivity index (χ3v) is 13.2. The molecule has 0 aliphatic carbocycles. The largest absolute Gasteiger partial charge is 0.508 e. The fourth-order valence-electron chi connectivity index (χ4n) is 9.26. The van der Waals surface area contributed by atoms with Crippen LogP contribution in [0.2, 0.25) is 0 Å². The fourth-order valence-corrected chi connectivity index (χ4v) is 9.26. The molecule has 0 saturated carbocycles. The van der Waals surface area contributed by atoms with Crippen LogP contribution in [0.25, 0.3) is 21.8 Å². The van der Waals surface area contributed by atoms with Crippen molar-refractivity contribution in [3.63, 3.8) is 0 Å². The molecule has 1 fully saturated rings. The molecule has 20 nitrogen and oxygen atoms in total. The maximum atomic E-state index is 15.1. The maximum absolute atomic E-state index is 15.1. The van der Waals surface area contributed by atoms with E-state index in [0.717, 1.165) is 21.8 Å². The van der Waals surface area contributed by atoms with Gasteiger partial charge in [-0.15, -0.1) is 0 Å². The van der Waals surface area contributed by atoms with E-state index >= 15 is 4.79 Å². The van der Waals surface area contributed by atoms with Crippen molar-refractivity contribution in [2.75, 3.05) is 6.54 Å². The van der Waals surface area contributed by atoms with Gasteiger partial charge in [0, 0.05) is 60.0 Å². The van der Waals surface area contributed by atoms with Crippen molar-refractivity contribution in [1.29, 1.82) is 0 Å². The average Bonchev–Trinajstić information content (AvgIpc) is 4.14. The summed E-state index contributed by atoms with van der Waals surface area (Å²) in [6, 6.07) is 20.5. The Morgan fingerprint density at radius 2 is 1.16 bits per heavy atom. The Morgan fingerprint density at radius 3 is 1.76 bits per heavy atom. The third-order valence-electron chi connectivity index (χ3n) is 13.2. The Labute approximate surface area is 426 Å². The second-order valence-corrected chi connectivity index (χ2v) is 19.0. The quantitative estimate of drug-likeness (QED) is 0.0441. The number of nitrogens with two attached hydrogens (primary N) is 2. The van der Waals surface area contributed by atoms with E-state index in [1.165, 1.54) is 17.0 Å². The summed E-state index contributed by atoms with van der Waals surface area (Å²) in [7, 11) is 0. The number of para-hydroxylation sites is 2. The number of carboxylic acids is 1. The fraction of sp³-hybridized carbons (Fsp3) is 0.333. The van der Waals surface area contributed by atoms with Crippen LogP contribution in [0.1, 0.15) is 55.4 Å². The molecule has 0 spiro atoms. The molecule has 1 saturated heterocycles. The smallest absolute Gasteiger partial charge is 0.326 e. The molecule has 7 amide bonds. The number of benzene rings is 4. The highest BCUT2D eigenvalue weighted by molar-refractivity contribution is 5.99. The third kappa shape index (κ3) is 13.5. The lowest BCUT2D eigenvalue weighted by Gasteiger charge is -2.31. The van der Waals surface area contributed by atoms with Gasteiger partial charge in [0.15, 0.2) is 0 Å². The summed E-state index contributed by atoms with van der Waals surface area (Å²) in [5, 5.41) is 34.7. The summed E-state index contributed by atoms with van der Waals surface area (Å²) in [4.78, 5) is 118. The van der Waals surface area contributed by atoms with Gasteiger partial charge < -0.3 is 63.1 Å². The first-order chi connectivity index (χ1) is 35.4. The molecule has 13 N–H and O–H groups in total. The van der Waals surface area contributed by atoms with Crippen LogP contribution in [-0.4, -0.2) is 121 Å². The number of carboxylic acid groups (broad SMARTS) is 1. The lowest BCUT2D eigenvalue weighted by molar-refractivity contribution is -0.144. The van der Waals surface area contributed by atoms with Crippen molar-refractivity contribution in [2.24, 2.45) is 17.4 Å². The minimum atomic E-state index is -1.60. The van der Waals surface area contributed by atoms with Gasteiger partial charge in [-0.3, -0.25) is 33.6 Å². The first kappa shape index (κ1) is 53.3. The number of fused-ring (bicyclic) bond motifs is 2. The first-order valence-corrected chi connectivity index (χ1v) is 24.5. The van der Waals surface area contributed by atoms with Crippen molar-refractivity contribution in [3.8, 4) is 5.75 Å². The molecule has 6 aromatic rings. The van der Waals surface area contributed by atoms with E-state index in [4.69, 9.17) is 11.5 Å². The molecule has 4 aromatic carbocycles. The van der Waals surface area contributed by atoms with Crippen molar-refractivity contribution in [2.45, 2.75) is 101 Å². The maximum Gasteiger partial charge on any atom is 0.326 e. The first-order valence-electron chi connectivity index (χ1n) is 24.5. The van der Waals surface area contributed by atoms with Crippen LogP contribution in [0.5, 0.6) is 5.75 Å². The number of aromatic nitrogens is 2. The Bertz CT molecular complexity index is 2990. The number of hydrogen-bond acceptors (Lipinski definition) is 10. The Kier molecular flexibility index (Phi) is 17.5. The second-order valence-electron chi connectivity index (χ2n) is 19.0. The van der Waals surface area contributed by atoms with Crippen molar-refractivity contribution < 1.29 is 48.6 Å². The minimum Gasteiger partial charge on any atom is -0.508 e. The predicted molar refractivity (Wildman–Crippen MR) is 275 cm³/mol. The Balaban J connectivity index is 1.14. The van der Waals surface area contributed by atoms with Gasteiger partial charge in [0.2, 0.25) is 41.4 Å². The topological polar surface area (TPSA) is 324 Å². The number of carbonyl (C=O) groups excluding carboxylic acids is 7. The number of H-pyrrole nitrogens is 2. The van der Waals surface area contributed by atoms with Gasteiger partial charge >= 0.3 is 5.97 Å². The summed E-state index contributed by atoms with van der Waals surface area (Å²) < 4.78 is 0. The van der Waals surface area contributed by atoms with Crippen molar-refractivity contribution in [3.05, 3.63) is 138 Å². The number of phenols is 1. The number of aliphatic carboxylic acids is 1. The number of phenolic OH excluding ortho intramolecular Hbond substituents is 1.